The maximum absolute atomic E-state index is 14.0. The van der Waals surface area contributed by atoms with E-state index in [1.54, 1.807) is 4.90 Å². The smallest absolute Gasteiger partial charge is 0.243 e. The highest BCUT2D eigenvalue weighted by molar-refractivity contribution is 6.30. The van der Waals surface area contributed by atoms with Gasteiger partial charge in [-0.2, -0.15) is 0 Å². The molecule has 0 aliphatic heterocycles. The molecule has 2 amide bonds. The van der Waals surface area contributed by atoms with E-state index in [0.717, 1.165) is 47.8 Å². The second-order valence-corrected chi connectivity index (χ2v) is 10.9. The van der Waals surface area contributed by atoms with E-state index in [4.69, 9.17) is 11.6 Å². The molecule has 1 saturated carbocycles. The summed E-state index contributed by atoms with van der Waals surface area (Å²) in [7, 11) is 0. The molecule has 1 fully saturated rings. The van der Waals surface area contributed by atoms with Gasteiger partial charge in [-0.3, -0.25) is 9.59 Å². The van der Waals surface area contributed by atoms with E-state index in [9.17, 15) is 9.59 Å². The summed E-state index contributed by atoms with van der Waals surface area (Å²) in [5, 5.41) is 6.25. The topological polar surface area (TPSA) is 49.4 Å². The second-order valence-electron chi connectivity index (χ2n) is 10.5. The molecule has 0 aromatic heterocycles. The molecule has 1 aliphatic rings. The fourth-order valence-electron chi connectivity index (χ4n) is 5.60. The lowest BCUT2D eigenvalue weighted by Crippen LogP contribution is -2.52. The van der Waals surface area contributed by atoms with Crippen molar-refractivity contribution in [3.8, 4) is 0 Å². The van der Waals surface area contributed by atoms with Gasteiger partial charge in [-0.05, 0) is 58.9 Å². The molecule has 5 rings (SSSR count). The zero-order valence-electron chi connectivity index (χ0n) is 22.2. The SMILES string of the molecule is O=C(NC1CCCC1)[C@H](Cc1ccccc1)N(Cc1ccc(Cl)cc1)C(=O)CCc1cccc2ccccc12. The molecule has 0 unspecified atom stereocenters. The average molecular weight is 539 g/mol. The van der Waals surface area contributed by atoms with Gasteiger partial charge >= 0.3 is 0 Å². The van der Waals surface area contributed by atoms with Crippen LogP contribution < -0.4 is 5.32 Å². The second kappa shape index (κ2) is 12.9. The number of nitrogens with zero attached hydrogens (tertiary/aromatic N) is 1. The predicted molar refractivity (Wildman–Crippen MR) is 159 cm³/mol. The summed E-state index contributed by atoms with van der Waals surface area (Å²) in [5.41, 5.74) is 3.12. The molecule has 4 nitrogen and oxygen atoms in total. The fraction of sp³-hybridized carbons (Fsp3) is 0.294. The molecular weight excluding hydrogens is 504 g/mol. The van der Waals surface area contributed by atoms with E-state index in [1.807, 2.05) is 72.8 Å². The molecule has 5 heteroatoms. The number of hydrogen-bond acceptors (Lipinski definition) is 2. The van der Waals surface area contributed by atoms with Crippen molar-refractivity contribution in [2.24, 2.45) is 0 Å². The number of carbonyl (C=O) groups excluding carboxylic acids is 2. The third kappa shape index (κ3) is 7.07. The molecule has 0 bridgehead atoms. The van der Waals surface area contributed by atoms with Gasteiger partial charge in [0.2, 0.25) is 11.8 Å². The standard InChI is InChI=1S/C34H35ClN2O2/c35-29-20-17-26(18-21-29)24-37(33(38)22-19-28-13-8-12-27-11-4-7-16-31(27)28)32(23-25-9-2-1-3-10-25)34(39)36-30-14-5-6-15-30/h1-4,7-13,16-18,20-21,30,32H,5-6,14-15,19,22-24H2,(H,36,39)/t32-/m0/s1. The van der Waals surface area contributed by atoms with Crippen LogP contribution in [0, 0.1) is 0 Å². The number of hydrogen-bond donors (Lipinski definition) is 1. The van der Waals surface area contributed by atoms with Crippen LogP contribution in [0.2, 0.25) is 5.02 Å². The van der Waals surface area contributed by atoms with E-state index in [2.05, 4.69) is 29.6 Å². The number of aryl methyl sites for hydroxylation is 1. The number of halogens is 1. The van der Waals surface area contributed by atoms with Crippen molar-refractivity contribution in [1.29, 1.82) is 0 Å². The molecule has 1 atom stereocenters. The summed E-state index contributed by atoms with van der Waals surface area (Å²) >= 11 is 6.15. The first-order chi connectivity index (χ1) is 19.1. The first-order valence-corrected chi connectivity index (χ1v) is 14.3. The molecule has 200 valence electrons. The largest absolute Gasteiger partial charge is 0.352 e. The van der Waals surface area contributed by atoms with Crippen LogP contribution >= 0.6 is 11.6 Å². The minimum Gasteiger partial charge on any atom is -0.352 e. The Hall–Kier alpha value is -3.63. The number of benzene rings is 4. The maximum atomic E-state index is 14.0. The van der Waals surface area contributed by atoms with Crippen LogP contribution in [0.4, 0.5) is 0 Å². The van der Waals surface area contributed by atoms with Crippen molar-refractivity contribution < 1.29 is 9.59 Å². The van der Waals surface area contributed by atoms with Crippen molar-refractivity contribution in [3.05, 3.63) is 119 Å². The maximum Gasteiger partial charge on any atom is 0.243 e. The normalized spacial score (nSPS) is 14.3. The zero-order chi connectivity index (χ0) is 27.0. The van der Waals surface area contributed by atoms with Crippen LogP contribution in [0.5, 0.6) is 0 Å². The van der Waals surface area contributed by atoms with Crippen molar-refractivity contribution in [1.82, 2.24) is 10.2 Å². The lowest BCUT2D eigenvalue weighted by molar-refractivity contribution is -0.141. The van der Waals surface area contributed by atoms with E-state index in [-0.39, 0.29) is 17.9 Å². The Balaban J connectivity index is 1.43. The van der Waals surface area contributed by atoms with Crippen LogP contribution in [0.3, 0.4) is 0 Å². The Labute approximate surface area is 236 Å². The molecular formula is C34H35ClN2O2. The Kier molecular flexibility index (Phi) is 8.95. The van der Waals surface area contributed by atoms with Crippen molar-refractivity contribution in [2.75, 3.05) is 0 Å². The summed E-state index contributed by atoms with van der Waals surface area (Å²) in [5.74, 6) is -0.0985. The number of fused-ring (bicyclic) bond motifs is 1. The highest BCUT2D eigenvalue weighted by Crippen LogP contribution is 2.23. The minimum absolute atomic E-state index is 0.0274. The van der Waals surface area contributed by atoms with Crippen LogP contribution in [-0.4, -0.2) is 28.8 Å². The van der Waals surface area contributed by atoms with Gasteiger partial charge in [-0.15, -0.1) is 0 Å². The van der Waals surface area contributed by atoms with Crippen LogP contribution in [0.25, 0.3) is 10.8 Å². The van der Waals surface area contributed by atoms with E-state index in [1.165, 1.54) is 5.39 Å². The Morgan fingerprint density at radius 3 is 2.28 bits per heavy atom. The highest BCUT2D eigenvalue weighted by atomic mass is 35.5. The molecule has 39 heavy (non-hydrogen) atoms. The van der Waals surface area contributed by atoms with Crippen molar-refractivity contribution >= 4 is 34.2 Å². The molecule has 1 N–H and O–H groups in total. The third-order valence-electron chi connectivity index (χ3n) is 7.73. The van der Waals surface area contributed by atoms with E-state index >= 15 is 0 Å². The summed E-state index contributed by atoms with van der Waals surface area (Å²) in [6, 6.07) is 31.6. The lowest BCUT2D eigenvalue weighted by atomic mass is 9.99. The Bertz CT molecular complexity index is 1390. The summed E-state index contributed by atoms with van der Waals surface area (Å²) in [6.07, 6.45) is 5.65. The quantitative estimate of drug-likeness (QED) is 0.233. The monoisotopic (exact) mass is 538 g/mol. The summed E-state index contributed by atoms with van der Waals surface area (Å²) in [6.45, 7) is 0.348. The van der Waals surface area contributed by atoms with E-state index < -0.39 is 6.04 Å². The minimum atomic E-state index is -0.608. The van der Waals surface area contributed by atoms with Crippen molar-refractivity contribution in [3.63, 3.8) is 0 Å². The molecule has 0 spiro atoms. The van der Waals surface area contributed by atoms with Gasteiger partial charge in [-0.1, -0.05) is 109 Å². The molecule has 4 aromatic rings. The van der Waals surface area contributed by atoms with Gasteiger partial charge in [0.15, 0.2) is 0 Å². The van der Waals surface area contributed by atoms with E-state index in [0.29, 0.717) is 30.8 Å². The fourth-order valence-corrected chi connectivity index (χ4v) is 5.73. The molecule has 1 aliphatic carbocycles. The van der Waals surface area contributed by atoms with Crippen molar-refractivity contribution in [2.45, 2.75) is 63.6 Å². The van der Waals surface area contributed by atoms with Gasteiger partial charge < -0.3 is 10.2 Å². The number of amides is 2. The van der Waals surface area contributed by atoms with Gasteiger partial charge in [-0.25, -0.2) is 0 Å². The first-order valence-electron chi connectivity index (χ1n) is 13.9. The summed E-state index contributed by atoms with van der Waals surface area (Å²) in [4.78, 5) is 29.6. The Morgan fingerprint density at radius 2 is 1.51 bits per heavy atom. The molecule has 0 heterocycles. The number of rotatable bonds is 10. The van der Waals surface area contributed by atoms with Gasteiger partial charge in [0.05, 0.1) is 0 Å². The average Bonchev–Trinajstić information content (AvgIpc) is 3.48. The van der Waals surface area contributed by atoms with Gasteiger partial charge in [0.1, 0.15) is 6.04 Å². The summed E-state index contributed by atoms with van der Waals surface area (Å²) < 4.78 is 0. The predicted octanol–water partition coefficient (Wildman–Crippen LogP) is 7.12. The molecule has 0 saturated heterocycles. The highest BCUT2D eigenvalue weighted by Gasteiger charge is 2.32. The van der Waals surface area contributed by atoms with Crippen LogP contribution in [-0.2, 0) is 29.0 Å². The van der Waals surface area contributed by atoms with Gasteiger partial charge in [0, 0.05) is 30.5 Å². The zero-order valence-corrected chi connectivity index (χ0v) is 22.9. The number of carbonyl (C=O) groups is 2. The third-order valence-corrected chi connectivity index (χ3v) is 7.98. The molecule has 0 radical (unpaired) electrons. The van der Waals surface area contributed by atoms with Crippen LogP contribution in [0.1, 0.15) is 48.8 Å². The Morgan fingerprint density at radius 1 is 0.821 bits per heavy atom. The van der Waals surface area contributed by atoms with Crippen LogP contribution in [0.15, 0.2) is 97.1 Å². The molecule has 4 aromatic carbocycles. The number of nitrogens with one attached hydrogen (secondary N) is 1. The van der Waals surface area contributed by atoms with Gasteiger partial charge in [0.25, 0.3) is 0 Å². The first kappa shape index (κ1) is 27.0. The lowest BCUT2D eigenvalue weighted by Gasteiger charge is -2.32.